The van der Waals surface area contributed by atoms with E-state index < -0.39 is 0 Å². The molecule has 5 nitrogen and oxygen atoms in total. The van der Waals surface area contributed by atoms with Crippen molar-refractivity contribution >= 4 is 5.91 Å². The van der Waals surface area contributed by atoms with Gasteiger partial charge in [0.25, 0.3) is 0 Å². The van der Waals surface area contributed by atoms with Crippen molar-refractivity contribution in [3.05, 3.63) is 0 Å². The number of hydrogen-bond acceptors (Lipinski definition) is 4. The fourth-order valence-electron chi connectivity index (χ4n) is 3.64. The Balaban J connectivity index is 1.79. The van der Waals surface area contributed by atoms with Gasteiger partial charge < -0.3 is 15.3 Å². The zero-order chi connectivity index (χ0) is 15.2. The molecule has 0 aromatic carbocycles. The summed E-state index contributed by atoms with van der Waals surface area (Å²) < 4.78 is 0. The summed E-state index contributed by atoms with van der Waals surface area (Å²) in [4.78, 5) is 16.5. The Morgan fingerprint density at radius 1 is 1.24 bits per heavy atom. The van der Waals surface area contributed by atoms with Crippen LogP contribution in [0.15, 0.2) is 0 Å². The summed E-state index contributed by atoms with van der Waals surface area (Å²) in [6.45, 7) is 1.94. The highest BCUT2D eigenvalue weighted by atomic mass is 16.3. The number of likely N-dealkylation sites (tertiary alicyclic amines) is 1. The average Bonchev–Trinajstić information content (AvgIpc) is 2.61. The zero-order valence-corrected chi connectivity index (χ0v) is 13.6. The van der Waals surface area contributed by atoms with E-state index in [1.807, 2.05) is 14.1 Å². The van der Waals surface area contributed by atoms with Gasteiger partial charge in [-0.2, -0.15) is 0 Å². The molecule has 1 aliphatic heterocycles. The van der Waals surface area contributed by atoms with Crippen LogP contribution in [0, 0.1) is 0 Å². The van der Waals surface area contributed by atoms with E-state index in [2.05, 4.69) is 15.1 Å². The zero-order valence-electron chi connectivity index (χ0n) is 13.6. The van der Waals surface area contributed by atoms with Gasteiger partial charge in [0.2, 0.25) is 5.91 Å². The molecule has 1 saturated heterocycles. The molecule has 0 spiro atoms. The van der Waals surface area contributed by atoms with Crippen LogP contribution in [0.25, 0.3) is 0 Å². The quantitative estimate of drug-likeness (QED) is 0.738. The summed E-state index contributed by atoms with van der Waals surface area (Å²) in [5.74, 6) is 0.125. The third-order valence-corrected chi connectivity index (χ3v) is 4.65. The van der Waals surface area contributed by atoms with E-state index in [0.717, 1.165) is 25.8 Å². The smallest absolute Gasteiger partial charge is 0.234 e. The Bertz CT molecular complexity index is 327. The van der Waals surface area contributed by atoms with Gasteiger partial charge in [-0.25, -0.2) is 0 Å². The first-order valence-electron chi connectivity index (χ1n) is 8.41. The van der Waals surface area contributed by atoms with Crippen LogP contribution in [-0.2, 0) is 4.79 Å². The number of aliphatic hydroxyl groups excluding tert-OH is 1. The average molecular weight is 297 g/mol. The van der Waals surface area contributed by atoms with E-state index in [9.17, 15) is 9.90 Å². The molecule has 1 amide bonds. The number of carbonyl (C=O) groups is 1. The maximum atomic E-state index is 12.3. The second-order valence-electron chi connectivity index (χ2n) is 6.99. The molecule has 2 unspecified atom stereocenters. The van der Waals surface area contributed by atoms with Crippen molar-refractivity contribution in [2.24, 2.45) is 0 Å². The summed E-state index contributed by atoms with van der Waals surface area (Å²) in [6, 6.07) is 0.648. The first kappa shape index (κ1) is 16.7. The predicted octanol–water partition coefficient (Wildman–Crippen LogP) is 0.822. The van der Waals surface area contributed by atoms with E-state index in [4.69, 9.17) is 0 Å². The van der Waals surface area contributed by atoms with Gasteiger partial charge in [-0.3, -0.25) is 9.69 Å². The molecule has 1 heterocycles. The van der Waals surface area contributed by atoms with Crippen LogP contribution in [0.2, 0.25) is 0 Å². The Morgan fingerprint density at radius 3 is 2.52 bits per heavy atom. The van der Waals surface area contributed by atoms with Crippen molar-refractivity contribution < 1.29 is 9.90 Å². The number of amides is 1. The molecule has 2 aliphatic rings. The molecule has 5 heteroatoms. The molecule has 2 N–H and O–H groups in total. The number of aliphatic hydroxyl groups is 1. The van der Waals surface area contributed by atoms with Crippen molar-refractivity contribution in [1.82, 2.24) is 15.1 Å². The molecule has 0 radical (unpaired) electrons. The van der Waals surface area contributed by atoms with Gasteiger partial charge >= 0.3 is 0 Å². The van der Waals surface area contributed by atoms with Gasteiger partial charge in [0.05, 0.1) is 12.6 Å². The second-order valence-corrected chi connectivity index (χ2v) is 6.99. The molecule has 0 bridgehead atoms. The van der Waals surface area contributed by atoms with E-state index in [0.29, 0.717) is 19.1 Å². The Labute approximate surface area is 128 Å². The number of likely N-dealkylation sites (N-methyl/N-ethyl adjacent to an activating group) is 1. The van der Waals surface area contributed by atoms with Crippen LogP contribution in [0.5, 0.6) is 0 Å². The van der Waals surface area contributed by atoms with E-state index in [1.54, 1.807) is 0 Å². The molecule has 1 aliphatic carbocycles. The second kappa shape index (κ2) is 8.11. The highest BCUT2D eigenvalue weighted by molar-refractivity contribution is 5.78. The molecule has 0 aromatic rings. The fourth-order valence-corrected chi connectivity index (χ4v) is 3.64. The van der Waals surface area contributed by atoms with Gasteiger partial charge in [0.1, 0.15) is 0 Å². The molecule has 2 atom stereocenters. The van der Waals surface area contributed by atoms with E-state index in [-0.39, 0.29) is 18.1 Å². The lowest BCUT2D eigenvalue weighted by Gasteiger charge is -2.27. The Morgan fingerprint density at radius 2 is 1.90 bits per heavy atom. The van der Waals surface area contributed by atoms with Crippen LogP contribution >= 0.6 is 0 Å². The summed E-state index contributed by atoms with van der Waals surface area (Å²) in [7, 11) is 4.07. The van der Waals surface area contributed by atoms with Crippen molar-refractivity contribution in [2.75, 3.05) is 33.7 Å². The summed E-state index contributed by atoms with van der Waals surface area (Å²) in [6.07, 6.45) is 7.79. The molecule has 2 rings (SSSR count). The van der Waals surface area contributed by atoms with E-state index >= 15 is 0 Å². The minimum absolute atomic E-state index is 0.125. The van der Waals surface area contributed by atoms with Crippen LogP contribution in [0.1, 0.15) is 44.9 Å². The predicted molar refractivity (Wildman–Crippen MR) is 84.2 cm³/mol. The molecule has 2 fully saturated rings. The highest BCUT2D eigenvalue weighted by Gasteiger charge is 2.32. The summed E-state index contributed by atoms with van der Waals surface area (Å²) >= 11 is 0. The molecular weight excluding hydrogens is 266 g/mol. The Hall–Kier alpha value is -0.650. The SMILES string of the molecule is CN(C)CC1CC(O)CN1CC(=O)NC1CCCCCC1. The van der Waals surface area contributed by atoms with Crippen molar-refractivity contribution in [2.45, 2.75) is 63.1 Å². The first-order valence-corrected chi connectivity index (χ1v) is 8.41. The molecule has 122 valence electrons. The minimum atomic E-state index is -0.291. The lowest BCUT2D eigenvalue weighted by Crippen LogP contribution is -2.46. The van der Waals surface area contributed by atoms with Crippen molar-refractivity contribution in [1.29, 1.82) is 0 Å². The molecule has 21 heavy (non-hydrogen) atoms. The molecule has 1 saturated carbocycles. The van der Waals surface area contributed by atoms with Crippen LogP contribution in [0.3, 0.4) is 0 Å². The third-order valence-electron chi connectivity index (χ3n) is 4.65. The number of β-amino-alcohol motifs (C(OH)–C–C–N with tert-alkyl or cyclic N) is 1. The molecular formula is C16H31N3O2. The van der Waals surface area contributed by atoms with E-state index in [1.165, 1.54) is 25.7 Å². The van der Waals surface area contributed by atoms with Crippen LogP contribution in [-0.4, -0.2) is 72.7 Å². The molecule has 0 aromatic heterocycles. The topological polar surface area (TPSA) is 55.8 Å². The lowest BCUT2D eigenvalue weighted by molar-refractivity contribution is -0.123. The normalized spacial score (nSPS) is 28.8. The number of rotatable bonds is 5. The van der Waals surface area contributed by atoms with Crippen molar-refractivity contribution in [3.8, 4) is 0 Å². The standard InChI is InChI=1S/C16H31N3O2/c1-18(2)10-14-9-15(20)11-19(14)12-16(21)17-13-7-5-3-4-6-8-13/h13-15,20H,3-12H2,1-2H3,(H,17,21). The summed E-state index contributed by atoms with van der Waals surface area (Å²) in [5.41, 5.74) is 0. The van der Waals surface area contributed by atoms with Gasteiger partial charge in [-0.15, -0.1) is 0 Å². The number of nitrogens with zero attached hydrogens (tertiary/aromatic N) is 2. The lowest BCUT2D eigenvalue weighted by atomic mass is 10.1. The fraction of sp³-hybridized carbons (Fsp3) is 0.938. The van der Waals surface area contributed by atoms with Gasteiger partial charge in [0, 0.05) is 25.2 Å². The van der Waals surface area contributed by atoms with Crippen LogP contribution < -0.4 is 5.32 Å². The minimum Gasteiger partial charge on any atom is -0.392 e. The highest BCUT2D eigenvalue weighted by Crippen LogP contribution is 2.19. The largest absolute Gasteiger partial charge is 0.392 e. The number of nitrogens with one attached hydrogen (secondary N) is 1. The maximum Gasteiger partial charge on any atom is 0.234 e. The van der Waals surface area contributed by atoms with Gasteiger partial charge in [-0.05, 0) is 33.4 Å². The number of hydrogen-bond donors (Lipinski definition) is 2. The van der Waals surface area contributed by atoms with Crippen molar-refractivity contribution in [3.63, 3.8) is 0 Å². The third kappa shape index (κ3) is 5.57. The van der Waals surface area contributed by atoms with Gasteiger partial charge in [-0.1, -0.05) is 25.7 Å². The Kier molecular flexibility index (Phi) is 6.45. The first-order chi connectivity index (χ1) is 10.0. The monoisotopic (exact) mass is 297 g/mol. The number of carbonyl (C=O) groups excluding carboxylic acids is 1. The van der Waals surface area contributed by atoms with Gasteiger partial charge in [0.15, 0.2) is 0 Å². The summed E-state index contributed by atoms with van der Waals surface area (Å²) in [5, 5.41) is 13.1. The van der Waals surface area contributed by atoms with Crippen LogP contribution in [0.4, 0.5) is 0 Å². The maximum absolute atomic E-state index is 12.3.